The normalized spacial score (nSPS) is 14.4. The zero-order chi connectivity index (χ0) is 18.0. The number of para-hydroxylation sites is 1. The molecule has 1 heterocycles. The highest BCUT2D eigenvalue weighted by molar-refractivity contribution is 6.22. The van der Waals surface area contributed by atoms with Gasteiger partial charge in [-0.05, 0) is 36.1 Å². The summed E-state index contributed by atoms with van der Waals surface area (Å²) in [5, 5.41) is 2.84. The van der Waals surface area contributed by atoms with Crippen LogP contribution >= 0.6 is 0 Å². The van der Waals surface area contributed by atoms with Crippen molar-refractivity contribution in [3.63, 3.8) is 0 Å². The molecule has 0 fully saturated rings. The second kappa shape index (κ2) is 6.89. The van der Waals surface area contributed by atoms with E-state index in [1.807, 2.05) is 24.3 Å². The predicted molar refractivity (Wildman–Crippen MR) is 95.6 cm³/mol. The topological polar surface area (TPSA) is 66.5 Å². The van der Waals surface area contributed by atoms with Crippen LogP contribution in [0.1, 0.15) is 52.5 Å². The molecule has 1 aliphatic heterocycles. The number of hydrogen-bond acceptors (Lipinski definition) is 3. The van der Waals surface area contributed by atoms with Crippen molar-refractivity contribution in [1.29, 1.82) is 0 Å². The van der Waals surface area contributed by atoms with Crippen LogP contribution in [0, 0.1) is 0 Å². The van der Waals surface area contributed by atoms with Gasteiger partial charge in [-0.3, -0.25) is 19.3 Å². The van der Waals surface area contributed by atoms with Crippen molar-refractivity contribution < 1.29 is 14.4 Å². The van der Waals surface area contributed by atoms with Crippen molar-refractivity contribution in [3.05, 3.63) is 65.2 Å². The van der Waals surface area contributed by atoms with Crippen LogP contribution in [0.2, 0.25) is 0 Å². The molecule has 0 aliphatic carbocycles. The molecule has 5 heteroatoms. The van der Waals surface area contributed by atoms with Gasteiger partial charge in [0.2, 0.25) is 5.91 Å². The van der Waals surface area contributed by atoms with Crippen LogP contribution in [0.4, 0.5) is 5.69 Å². The zero-order valence-electron chi connectivity index (χ0n) is 14.3. The van der Waals surface area contributed by atoms with Gasteiger partial charge in [0.05, 0.1) is 11.1 Å². The number of nitrogens with one attached hydrogen (secondary N) is 1. The van der Waals surface area contributed by atoms with Gasteiger partial charge in [-0.15, -0.1) is 0 Å². The number of amides is 3. The molecule has 1 aliphatic rings. The molecule has 5 nitrogen and oxygen atoms in total. The standard InChI is InChI=1S/C20H20N2O3/c1-3-13(2)14-8-6-7-11-17(14)21-18(23)12-22-19(24)15-9-4-5-10-16(15)20(22)25/h4-11,13H,3,12H2,1-2H3,(H,21,23). The lowest BCUT2D eigenvalue weighted by molar-refractivity contribution is -0.116. The summed E-state index contributed by atoms with van der Waals surface area (Å²) in [6.07, 6.45) is 0.950. The van der Waals surface area contributed by atoms with E-state index in [9.17, 15) is 14.4 Å². The Morgan fingerprint density at radius 1 is 1.00 bits per heavy atom. The average Bonchev–Trinajstić information content (AvgIpc) is 2.87. The Bertz CT molecular complexity index is 809. The summed E-state index contributed by atoms with van der Waals surface area (Å²) in [7, 11) is 0. The maximum Gasteiger partial charge on any atom is 0.262 e. The summed E-state index contributed by atoms with van der Waals surface area (Å²) in [5.74, 6) is -0.932. The van der Waals surface area contributed by atoms with Gasteiger partial charge in [-0.25, -0.2) is 0 Å². The minimum atomic E-state index is -0.425. The maximum atomic E-state index is 12.4. The van der Waals surface area contributed by atoms with Crippen molar-refractivity contribution in [1.82, 2.24) is 4.90 Å². The smallest absolute Gasteiger partial charge is 0.262 e. The SMILES string of the molecule is CCC(C)c1ccccc1NC(=O)CN1C(=O)c2ccccc2C1=O. The molecule has 0 spiro atoms. The highest BCUT2D eigenvalue weighted by Crippen LogP contribution is 2.27. The molecular weight excluding hydrogens is 316 g/mol. The molecule has 0 bridgehead atoms. The molecule has 1 unspecified atom stereocenters. The molecule has 25 heavy (non-hydrogen) atoms. The van der Waals surface area contributed by atoms with E-state index in [2.05, 4.69) is 19.2 Å². The predicted octanol–water partition coefficient (Wildman–Crippen LogP) is 3.43. The number of rotatable bonds is 5. The summed E-state index contributed by atoms with van der Waals surface area (Å²) >= 11 is 0. The minimum absolute atomic E-state index is 0.290. The van der Waals surface area contributed by atoms with Gasteiger partial charge in [-0.2, -0.15) is 0 Å². The van der Waals surface area contributed by atoms with Crippen LogP contribution in [0.15, 0.2) is 48.5 Å². The van der Waals surface area contributed by atoms with Crippen LogP contribution in [0.5, 0.6) is 0 Å². The van der Waals surface area contributed by atoms with Gasteiger partial charge in [0.1, 0.15) is 6.54 Å². The number of imide groups is 1. The Kier molecular flexibility index (Phi) is 4.65. The van der Waals surface area contributed by atoms with E-state index in [1.165, 1.54) is 0 Å². The van der Waals surface area contributed by atoms with E-state index in [1.54, 1.807) is 24.3 Å². The number of anilines is 1. The number of nitrogens with zero attached hydrogens (tertiary/aromatic N) is 1. The minimum Gasteiger partial charge on any atom is -0.324 e. The first-order chi connectivity index (χ1) is 12.0. The van der Waals surface area contributed by atoms with Crippen LogP contribution < -0.4 is 5.32 Å². The molecular formula is C20H20N2O3. The van der Waals surface area contributed by atoms with Crippen molar-refractivity contribution in [3.8, 4) is 0 Å². The summed E-state index contributed by atoms with van der Waals surface area (Å²) in [6.45, 7) is 3.89. The summed E-state index contributed by atoms with van der Waals surface area (Å²) in [6, 6.07) is 14.2. The molecule has 0 aromatic heterocycles. The highest BCUT2D eigenvalue weighted by Gasteiger charge is 2.36. The summed E-state index contributed by atoms with van der Waals surface area (Å²) < 4.78 is 0. The molecule has 128 valence electrons. The van der Waals surface area contributed by atoms with Crippen LogP contribution in [-0.2, 0) is 4.79 Å². The second-order valence-electron chi connectivity index (χ2n) is 6.19. The lowest BCUT2D eigenvalue weighted by Crippen LogP contribution is -2.37. The molecule has 1 atom stereocenters. The lowest BCUT2D eigenvalue weighted by Gasteiger charge is -2.17. The molecule has 0 saturated heterocycles. The lowest BCUT2D eigenvalue weighted by atomic mass is 9.97. The maximum absolute atomic E-state index is 12.4. The van der Waals surface area contributed by atoms with Gasteiger partial charge in [0.25, 0.3) is 11.8 Å². The van der Waals surface area contributed by atoms with E-state index in [0.717, 1.165) is 22.6 Å². The van der Waals surface area contributed by atoms with E-state index in [-0.39, 0.29) is 12.5 Å². The fourth-order valence-corrected chi connectivity index (χ4v) is 2.98. The Morgan fingerprint density at radius 2 is 1.56 bits per heavy atom. The third-order valence-corrected chi connectivity index (χ3v) is 4.56. The molecule has 0 saturated carbocycles. The van der Waals surface area contributed by atoms with Crippen molar-refractivity contribution in [2.24, 2.45) is 0 Å². The first kappa shape index (κ1) is 16.9. The van der Waals surface area contributed by atoms with Crippen LogP contribution in [0.3, 0.4) is 0 Å². The highest BCUT2D eigenvalue weighted by atomic mass is 16.2. The van der Waals surface area contributed by atoms with Crippen molar-refractivity contribution >= 4 is 23.4 Å². The van der Waals surface area contributed by atoms with Gasteiger partial charge < -0.3 is 5.32 Å². The largest absolute Gasteiger partial charge is 0.324 e. The number of fused-ring (bicyclic) bond motifs is 1. The average molecular weight is 336 g/mol. The number of hydrogen-bond donors (Lipinski definition) is 1. The summed E-state index contributed by atoms with van der Waals surface area (Å²) in [5.41, 5.74) is 2.46. The Balaban J connectivity index is 1.75. The van der Waals surface area contributed by atoms with Crippen LogP contribution in [0.25, 0.3) is 0 Å². The van der Waals surface area contributed by atoms with Crippen LogP contribution in [-0.4, -0.2) is 29.2 Å². The number of carbonyl (C=O) groups is 3. The molecule has 2 aromatic carbocycles. The van der Waals surface area contributed by atoms with E-state index < -0.39 is 11.8 Å². The molecule has 3 rings (SSSR count). The molecule has 0 radical (unpaired) electrons. The van der Waals surface area contributed by atoms with E-state index >= 15 is 0 Å². The third kappa shape index (κ3) is 3.18. The first-order valence-corrected chi connectivity index (χ1v) is 8.37. The van der Waals surface area contributed by atoms with Gasteiger partial charge in [0, 0.05) is 5.69 Å². The van der Waals surface area contributed by atoms with Crippen molar-refractivity contribution in [2.75, 3.05) is 11.9 Å². The second-order valence-corrected chi connectivity index (χ2v) is 6.19. The molecule has 3 amide bonds. The van der Waals surface area contributed by atoms with E-state index in [0.29, 0.717) is 17.0 Å². The molecule has 1 N–H and O–H groups in total. The first-order valence-electron chi connectivity index (χ1n) is 8.37. The number of carbonyl (C=O) groups excluding carboxylic acids is 3. The fraction of sp³-hybridized carbons (Fsp3) is 0.250. The Hall–Kier alpha value is -2.95. The number of benzene rings is 2. The third-order valence-electron chi connectivity index (χ3n) is 4.56. The zero-order valence-corrected chi connectivity index (χ0v) is 14.3. The Labute approximate surface area is 146 Å². The summed E-state index contributed by atoms with van der Waals surface area (Å²) in [4.78, 5) is 38.1. The fourth-order valence-electron chi connectivity index (χ4n) is 2.98. The van der Waals surface area contributed by atoms with Crippen molar-refractivity contribution in [2.45, 2.75) is 26.2 Å². The van der Waals surface area contributed by atoms with E-state index in [4.69, 9.17) is 0 Å². The Morgan fingerprint density at radius 3 is 2.16 bits per heavy atom. The van der Waals surface area contributed by atoms with Gasteiger partial charge in [-0.1, -0.05) is 44.2 Å². The molecule has 2 aromatic rings. The monoisotopic (exact) mass is 336 g/mol. The van der Waals surface area contributed by atoms with Gasteiger partial charge >= 0.3 is 0 Å². The van der Waals surface area contributed by atoms with Gasteiger partial charge in [0.15, 0.2) is 0 Å². The quantitative estimate of drug-likeness (QED) is 0.851.